The number of benzene rings is 1. The normalized spacial score (nSPS) is 22.5. The molecule has 146 valence electrons. The summed E-state index contributed by atoms with van der Waals surface area (Å²) in [4.78, 5) is 16.9. The van der Waals surface area contributed by atoms with E-state index in [0.717, 1.165) is 43.8 Å². The number of halogens is 1. The first-order valence-corrected chi connectivity index (χ1v) is 8.92. The molecule has 2 N–H and O–H groups in total. The van der Waals surface area contributed by atoms with Gasteiger partial charge < -0.3 is 20.1 Å². The number of rotatable bonds is 5. The zero-order chi connectivity index (χ0) is 18.0. The molecule has 3 rings (SSSR count). The summed E-state index contributed by atoms with van der Waals surface area (Å²) in [5.41, 5.74) is 8.39. The van der Waals surface area contributed by atoms with Crippen molar-refractivity contribution in [3.05, 3.63) is 23.3 Å². The van der Waals surface area contributed by atoms with Crippen molar-refractivity contribution in [1.29, 1.82) is 0 Å². The quantitative estimate of drug-likeness (QED) is 0.837. The van der Waals surface area contributed by atoms with Crippen molar-refractivity contribution < 1.29 is 14.3 Å². The predicted octanol–water partition coefficient (Wildman–Crippen LogP) is 1.68. The third kappa shape index (κ3) is 4.24. The molecule has 1 saturated heterocycles. The second-order valence-corrected chi connectivity index (χ2v) is 7.52. The number of likely N-dealkylation sites (tertiary alicyclic amines) is 1. The molecule has 1 aromatic carbocycles. The van der Waals surface area contributed by atoms with Gasteiger partial charge in [-0.1, -0.05) is 6.92 Å². The molecular weight excluding hydrogens is 354 g/mol. The van der Waals surface area contributed by atoms with Crippen LogP contribution in [0, 0.1) is 5.41 Å². The van der Waals surface area contributed by atoms with Crippen molar-refractivity contribution in [2.24, 2.45) is 11.1 Å². The number of methoxy groups -OCH3 is 2. The number of nitrogens with zero attached hydrogens (tertiary/aromatic N) is 2. The van der Waals surface area contributed by atoms with Crippen molar-refractivity contribution in [3.8, 4) is 11.5 Å². The molecule has 0 spiro atoms. The molecule has 2 heterocycles. The fourth-order valence-electron chi connectivity index (χ4n) is 3.81. The van der Waals surface area contributed by atoms with Crippen LogP contribution in [0.25, 0.3) is 0 Å². The molecule has 0 aromatic heterocycles. The number of fused-ring (bicyclic) bond motifs is 1. The smallest absolute Gasteiger partial charge is 0.237 e. The lowest BCUT2D eigenvalue weighted by atomic mass is 9.90. The van der Waals surface area contributed by atoms with Gasteiger partial charge in [0.25, 0.3) is 0 Å². The Morgan fingerprint density at radius 1 is 1.19 bits per heavy atom. The summed E-state index contributed by atoms with van der Waals surface area (Å²) < 4.78 is 10.8. The summed E-state index contributed by atoms with van der Waals surface area (Å²) in [6.07, 6.45) is 1.92. The summed E-state index contributed by atoms with van der Waals surface area (Å²) >= 11 is 0. The Bertz CT molecular complexity index is 655. The van der Waals surface area contributed by atoms with Gasteiger partial charge in [0.2, 0.25) is 5.91 Å². The van der Waals surface area contributed by atoms with Crippen LogP contribution >= 0.6 is 12.4 Å². The van der Waals surface area contributed by atoms with E-state index in [1.165, 1.54) is 5.56 Å². The maximum absolute atomic E-state index is 12.7. The van der Waals surface area contributed by atoms with Crippen molar-refractivity contribution in [1.82, 2.24) is 9.80 Å². The Labute approximate surface area is 162 Å². The third-order valence-electron chi connectivity index (χ3n) is 5.56. The van der Waals surface area contributed by atoms with Gasteiger partial charge in [0, 0.05) is 19.6 Å². The Morgan fingerprint density at radius 2 is 1.85 bits per heavy atom. The molecule has 0 aliphatic carbocycles. The average Bonchev–Trinajstić information content (AvgIpc) is 3.01. The van der Waals surface area contributed by atoms with Crippen molar-refractivity contribution in [2.45, 2.75) is 26.3 Å². The van der Waals surface area contributed by atoms with E-state index >= 15 is 0 Å². The first-order chi connectivity index (χ1) is 12.0. The molecule has 0 bridgehead atoms. The maximum Gasteiger partial charge on any atom is 0.237 e. The SMILES string of the molecule is COc1cc2c(cc1OC)CN(C(=O)CN1CCC(C)(CN)C1)CC2.Cl. The third-order valence-corrected chi connectivity index (χ3v) is 5.56. The summed E-state index contributed by atoms with van der Waals surface area (Å²) in [6.45, 7) is 6.61. The molecule has 0 saturated carbocycles. The van der Waals surface area contributed by atoms with E-state index in [-0.39, 0.29) is 23.7 Å². The molecule has 1 amide bonds. The predicted molar refractivity (Wildman–Crippen MR) is 104 cm³/mol. The van der Waals surface area contributed by atoms with Gasteiger partial charge in [0.05, 0.1) is 20.8 Å². The van der Waals surface area contributed by atoms with Crippen molar-refractivity contribution >= 4 is 18.3 Å². The van der Waals surface area contributed by atoms with Gasteiger partial charge >= 0.3 is 0 Å². The van der Waals surface area contributed by atoms with Crippen LogP contribution in [0.15, 0.2) is 12.1 Å². The van der Waals surface area contributed by atoms with E-state index in [1.807, 2.05) is 17.0 Å². The minimum Gasteiger partial charge on any atom is -0.493 e. The van der Waals surface area contributed by atoms with Crippen LogP contribution in [0.1, 0.15) is 24.5 Å². The van der Waals surface area contributed by atoms with Gasteiger partial charge in [-0.15, -0.1) is 12.4 Å². The molecule has 1 unspecified atom stereocenters. The number of carbonyl (C=O) groups excluding carboxylic acids is 1. The summed E-state index contributed by atoms with van der Waals surface area (Å²) in [5.74, 6) is 1.66. The van der Waals surface area contributed by atoms with Crippen LogP contribution in [0.3, 0.4) is 0 Å². The number of hydrogen-bond acceptors (Lipinski definition) is 5. The lowest BCUT2D eigenvalue weighted by Gasteiger charge is -2.31. The summed E-state index contributed by atoms with van der Waals surface area (Å²) in [7, 11) is 3.28. The van der Waals surface area contributed by atoms with Crippen LogP contribution in [0.4, 0.5) is 0 Å². The first kappa shape index (κ1) is 20.8. The van der Waals surface area contributed by atoms with E-state index < -0.39 is 0 Å². The Kier molecular flexibility index (Phi) is 6.77. The van der Waals surface area contributed by atoms with Gasteiger partial charge in [0.1, 0.15) is 0 Å². The highest BCUT2D eigenvalue weighted by atomic mass is 35.5. The number of ether oxygens (including phenoxy) is 2. The fourth-order valence-corrected chi connectivity index (χ4v) is 3.81. The van der Waals surface area contributed by atoms with Gasteiger partial charge in [0.15, 0.2) is 11.5 Å². The highest BCUT2D eigenvalue weighted by Crippen LogP contribution is 2.33. The minimum atomic E-state index is 0. The van der Waals surface area contributed by atoms with E-state index in [0.29, 0.717) is 25.4 Å². The fraction of sp³-hybridized carbons (Fsp3) is 0.632. The molecule has 2 aliphatic rings. The van der Waals surface area contributed by atoms with Crippen LogP contribution < -0.4 is 15.2 Å². The maximum atomic E-state index is 12.7. The van der Waals surface area contributed by atoms with Crippen LogP contribution in [-0.2, 0) is 17.8 Å². The summed E-state index contributed by atoms with van der Waals surface area (Å²) in [5, 5.41) is 0. The topological polar surface area (TPSA) is 68.0 Å². The molecule has 0 radical (unpaired) electrons. The highest BCUT2D eigenvalue weighted by molar-refractivity contribution is 5.85. The van der Waals surface area contributed by atoms with Gasteiger partial charge in [-0.2, -0.15) is 0 Å². The van der Waals surface area contributed by atoms with Crippen LogP contribution in [0.2, 0.25) is 0 Å². The zero-order valence-electron chi connectivity index (χ0n) is 15.9. The lowest BCUT2D eigenvalue weighted by molar-refractivity contribution is -0.133. The second kappa shape index (κ2) is 8.46. The number of amides is 1. The second-order valence-electron chi connectivity index (χ2n) is 7.52. The molecule has 1 fully saturated rings. The van der Waals surface area contributed by atoms with Crippen molar-refractivity contribution in [2.75, 3.05) is 46.9 Å². The number of nitrogens with two attached hydrogens (primary N) is 1. The lowest BCUT2D eigenvalue weighted by Crippen LogP contribution is -2.43. The Morgan fingerprint density at radius 3 is 2.42 bits per heavy atom. The minimum absolute atomic E-state index is 0. The molecular formula is C19H30ClN3O3. The molecule has 1 aromatic rings. The standard InChI is InChI=1S/C19H29N3O3.ClH/c1-19(12-20)5-7-21(13-19)11-18(23)22-6-4-14-8-16(24-2)17(25-3)9-15(14)10-22;/h8-9H,4-7,10-13,20H2,1-3H3;1H. The van der Waals surface area contributed by atoms with E-state index in [4.69, 9.17) is 15.2 Å². The molecule has 7 heteroatoms. The highest BCUT2D eigenvalue weighted by Gasteiger charge is 2.34. The van der Waals surface area contributed by atoms with Gasteiger partial charge in [-0.25, -0.2) is 0 Å². The van der Waals surface area contributed by atoms with Crippen molar-refractivity contribution in [3.63, 3.8) is 0 Å². The molecule has 2 aliphatic heterocycles. The zero-order valence-corrected chi connectivity index (χ0v) is 16.7. The summed E-state index contributed by atoms with van der Waals surface area (Å²) in [6, 6.07) is 4.03. The Balaban J connectivity index is 0.00000243. The monoisotopic (exact) mass is 383 g/mol. The number of hydrogen-bond donors (Lipinski definition) is 1. The number of carbonyl (C=O) groups is 1. The van der Waals surface area contributed by atoms with Gasteiger partial charge in [-0.3, -0.25) is 9.69 Å². The first-order valence-electron chi connectivity index (χ1n) is 8.92. The van der Waals surface area contributed by atoms with Gasteiger partial charge in [-0.05, 0) is 54.6 Å². The van der Waals surface area contributed by atoms with Crippen LogP contribution in [-0.4, -0.2) is 62.7 Å². The molecule has 26 heavy (non-hydrogen) atoms. The van der Waals surface area contributed by atoms with E-state index in [9.17, 15) is 4.79 Å². The Hall–Kier alpha value is -1.50. The largest absolute Gasteiger partial charge is 0.493 e. The molecule has 1 atom stereocenters. The van der Waals surface area contributed by atoms with Crippen LogP contribution in [0.5, 0.6) is 11.5 Å². The van der Waals surface area contributed by atoms with E-state index in [2.05, 4.69) is 11.8 Å². The average molecular weight is 384 g/mol. The van der Waals surface area contributed by atoms with E-state index in [1.54, 1.807) is 14.2 Å². The molecule has 6 nitrogen and oxygen atoms in total.